The van der Waals surface area contributed by atoms with E-state index >= 15 is 0 Å². The molecule has 0 unspecified atom stereocenters. The van der Waals surface area contributed by atoms with Crippen molar-refractivity contribution in [2.24, 2.45) is 5.92 Å². The lowest BCUT2D eigenvalue weighted by atomic mass is 9.99. The molecule has 0 saturated carbocycles. The zero-order chi connectivity index (χ0) is 21.3. The van der Waals surface area contributed by atoms with Gasteiger partial charge < -0.3 is 5.32 Å². The Hall–Kier alpha value is -1.96. The Kier molecular flexibility index (Phi) is 6.31. The van der Waals surface area contributed by atoms with E-state index in [-0.39, 0.29) is 17.5 Å². The summed E-state index contributed by atoms with van der Waals surface area (Å²) in [6, 6.07) is 7.65. The third kappa shape index (κ3) is 4.63. The summed E-state index contributed by atoms with van der Waals surface area (Å²) in [5.74, 6) is -1.36. The van der Waals surface area contributed by atoms with Crippen LogP contribution in [-0.2, 0) is 14.8 Å². The molecule has 1 fully saturated rings. The molecule has 0 bridgehead atoms. The quantitative estimate of drug-likeness (QED) is 0.767. The molecule has 5 nitrogen and oxygen atoms in total. The Morgan fingerprint density at radius 3 is 2.45 bits per heavy atom. The minimum Gasteiger partial charge on any atom is -0.326 e. The van der Waals surface area contributed by atoms with E-state index in [0.717, 1.165) is 5.56 Å². The van der Waals surface area contributed by atoms with Gasteiger partial charge in [0, 0.05) is 18.8 Å². The minimum absolute atomic E-state index is 0.0824. The van der Waals surface area contributed by atoms with Gasteiger partial charge in [0.05, 0.1) is 15.8 Å². The highest BCUT2D eigenvalue weighted by atomic mass is 35.5. The van der Waals surface area contributed by atoms with Gasteiger partial charge in [0.2, 0.25) is 15.9 Å². The highest BCUT2D eigenvalue weighted by molar-refractivity contribution is 7.89. The molecule has 1 heterocycles. The fraction of sp³-hybridized carbons (Fsp3) is 0.381. The number of amides is 1. The van der Waals surface area contributed by atoms with Crippen molar-refractivity contribution >= 4 is 33.2 Å². The average molecular weight is 439 g/mol. The van der Waals surface area contributed by atoms with E-state index in [9.17, 15) is 17.6 Å². The van der Waals surface area contributed by atoms with Crippen molar-refractivity contribution < 1.29 is 17.6 Å². The predicted molar refractivity (Wildman–Crippen MR) is 112 cm³/mol. The third-order valence-electron chi connectivity index (χ3n) is 5.14. The van der Waals surface area contributed by atoms with Crippen molar-refractivity contribution in [2.75, 3.05) is 18.4 Å². The molecule has 1 amide bonds. The highest BCUT2D eigenvalue weighted by Crippen LogP contribution is 2.29. The van der Waals surface area contributed by atoms with Crippen LogP contribution in [0.5, 0.6) is 0 Å². The summed E-state index contributed by atoms with van der Waals surface area (Å²) in [5, 5.41) is 2.63. The number of hydrogen-bond acceptors (Lipinski definition) is 3. The van der Waals surface area contributed by atoms with Crippen molar-refractivity contribution in [1.29, 1.82) is 0 Å². The van der Waals surface area contributed by atoms with E-state index in [1.54, 1.807) is 13.8 Å². The van der Waals surface area contributed by atoms with Crippen LogP contribution in [0.4, 0.5) is 10.1 Å². The normalized spacial score (nSPS) is 17.9. The summed E-state index contributed by atoms with van der Waals surface area (Å²) >= 11 is 5.76. The smallest absolute Gasteiger partial charge is 0.243 e. The van der Waals surface area contributed by atoms with Crippen LogP contribution in [0.2, 0.25) is 5.02 Å². The molecule has 1 N–H and O–H groups in total. The number of carbonyl (C=O) groups is 1. The van der Waals surface area contributed by atoms with Gasteiger partial charge in [0.1, 0.15) is 5.82 Å². The van der Waals surface area contributed by atoms with Gasteiger partial charge in [0.15, 0.2) is 0 Å². The summed E-state index contributed by atoms with van der Waals surface area (Å²) in [4.78, 5) is 13.0. The van der Waals surface area contributed by atoms with Crippen LogP contribution in [0.1, 0.15) is 29.5 Å². The van der Waals surface area contributed by atoms with Gasteiger partial charge in [-0.1, -0.05) is 29.3 Å². The second-order valence-electron chi connectivity index (χ2n) is 7.55. The number of nitrogens with zero attached hydrogens (tertiary/aromatic N) is 1. The molecular formula is C21H24ClFN2O3S. The van der Waals surface area contributed by atoms with Gasteiger partial charge in [-0.05, 0) is 62.9 Å². The number of sulfonamides is 1. The Labute approximate surface area is 175 Å². The lowest BCUT2D eigenvalue weighted by molar-refractivity contribution is -0.120. The maximum absolute atomic E-state index is 13.3. The van der Waals surface area contributed by atoms with Gasteiger partial charge in [-0.3, -0.25) is 4.79 Å². The molecule has 0 spiro atoms. The average Bonchev–Trinajstić information content (AvgIpc) is 2.63. The van der Waals surface area contributed by atoms with Gasteiger partial charge in [0.25, 0.3) is 0 Å². The zero-order valence-corrected chi connectivity index (χ0v) is 18.2. The number of rotatable bonds is 4. The Morgan fingerprint density at radius 1 is 1.17 bits per heavy atom. The van der Waals surface area contributed by atoms with E-state index in [1.165, 1.54) is 22.5 Å². The molecule has 2 aromatic carbocycles. The second-order valence-corrected chi connectivity index (χ2v) is 9.83. The monoisotopic (exact) mass is 438 g/mol. The first-order valence-electron chi connectivity index (χ1n) is 9.43. The van der Waals surface area contributed by atoms with Crippen LogP contribution in [0.25, 0.3) is 0 Å². The summed E-state index contributed by atoms with van der Waals surface area (Å²) in [6.45, 7) is 6.00. The Bertz CT molecular complexity index is 1030. The van der Waals surface area contributed by atoms with E-state index < -0.39 is 21.8 Å². The van der Waals surface area contributed by atoms with E-state index in [2.05, 4.69) is 5.32 Å². The first-order valence-corrected chi connectivity index (χ1v) is 11.3. The molecule has 29 heavy (non-hydrogen) atoms. The fourth-order valence-electron chi connectivity index (χ4n) is 3.90. The molecule has 3 rings (SSSR count). The van der Waals surface area contributed by atoms with Crippen LogP contribution in [-0.4, -0.2) is 31.7 Å². The Morgan fingerprint density at radius 2 is 1.83 bits per heavy atom. The number of piperidine rings is 1. The molecule has 1 saturated heterocycles. The van der Waals surface area contributed by atoms with Crippen LogP contribution in [0.3, 0.4) is 0 Å². The van der Waals surface area contributed by atoms with Crippen molar-refractivity contribution in [2.45, 2.75) is 38.5 Å². The number of anilines is 1. The maximum Gasteiger partial charge on any atom is 0.243 e. The number of hydrogen-bond donors (Lipinski definition) is 1. The molecular weight excluding hydrogens is 415 g/mol. The predicted octanol–water partition coefficient (Wildman–Crippen LogP) is 4.44. The van der Waals surface area contributed by atoms with E-state index in [0.29, 0.717) is 41.1 Å². The lowest BCUT2D eigenvalue weighted by Crippen LogP contribution is -2.44. The summed E-state index contributed by atoms with van der Waals surface area (Å²) in [5.41, 5.74) is 2.80. The Balaban J connectivity index is 1.79. The summed E-state index contributed by atoms with van der Waals surface area (Å²) in [7, 11) is -3.71. The van der Waals surface area contributed by atoms with Gasteiger partial charge >= 0.3 is 0 Å². The number of benzene rings is 2. The van der Waals surface area contributed by atoms with Gasteiger partial charge in [-0.15, -0.1) is 0 Å². The van der Waals surface area contributed by atoms with Crippen LogP contribution < -0.4 is 5.32 Å². The molecule has 0 radical (unpaired) electrons. The first kappa shape index (κ1) is 21.7. The lowest BCUT2D eigenvalue weighted by Gasteiger charge is -2.32. The third-order valence-corrected chi connectivity index (χ3v) is 7.61. The number of halogens is 2. The van der Waals surface area contributed by atoms with Crippen LogP contribution >= 0.6 is 11.6 Å². The zero-order valence-electron chi connectivity index (χ0n) is 16.6. The molecule has 1 aliphatic heterocycles. The minimum atomic E-state index is -3.71. The molecule has 2 aromatic rings. The number of nitrogens with one attached hydrogen (secondary N) is 1. The van der Waals surface area contributed by atoms with E-state index in [1.807, 2.05) is 19.1 Å². The SMILES string of the molecule is Cc1cc(C)c(S(=O)(=O)N2CCC[C@@H](C(=O)Nc3ccc(F)c(Cl)c3)C2)c(C)c1. The van der Waals surface area contributed by atoms with Crippen molar-refractivity contribution in [1.82, 2.24) is 4.31 Å². The molecule has 8 heteroatoms. The second kappa shape index (κ2) is 8.42. The van der Waals surface area contributed by atoms with E-state index in [4.69, 9.17) is 11.6 Å². The van der Waals surface area contributed by atoms with Crippen LogP contribution in [0.15, 0.2) is 35.2 Å². The molecule has 156 valence electrons. The summed E-state index contributed by atoms with van der Waals surface area (Å²) in [6.07, 6.45) is 1.17. The summed E-state index contributed by atoms with van der Waals surface area (Å²) < 4.78 is 41.3. The van der Waals surface area contributed by atoms with Gasteiger partial charge in [-0.25, -0.2) is 12.8 Å². The van der Waals surface area contributed by atoms with Crippen LogP contribution in [0, 0.1) is 32.5 Å². The molecule has 0 aliphatic carbocycles. The molecule has 1 aliphatic rings. The first-order chi connectivity index (χ1) is 13.6. The topological polar surface area (TPSA) is 66.5 Å². The standard InChI is InChI=1S/C21H24ClFN2O3S/c1-13-9-14(2)20(15(3)10-13)29(27,28)25-8-4-5-16(12-25)21(26)24-17-6-7-19(23)18(22)11-17/h6-7,9-11,16H,4-5,8,12H2,1-3H3,(H,24,26)/t16-/m1/s1. The van der Waals surface area contributed by atoms with Gasteiger partial charge in [-0.2, -0.15) is 4.31 Å². The largest absolute Gasteiger partial charge is 0.326 e. The number of carbonyl (C=O) groups excluding carboxylic acids is 1. The molecule has 1 atom stereocenters. The van der Waals surface area contributed by atoms with Crippen molar-refractivity contribution in [3.63, 3.8) is 0 Å². The van der Waals surface area contributed by atoms with Crippen molar-refractivity contribution in [3.8, 4) is 0 Å². The fourth-order valence-corrected chi connectivity index (χ4v) is 6.01. The maximum atomic E-state index is 13.3. The molecule has 0 aromatic heterocycles. The highest BCUT2D eigenvalue weighted by Gasteiger charge is 2.34. The number of aryl methyl sites for hydroxylation is 3. The van der Waals surface area contributed by atoms with Crippen molar-refractivity contribution in [3.05, 3.63) is 57.9 Å².